The largest absolute Gasteiger partial charge is 0.502 e. The number of benzene rings is 1. The number of phenols is 1. The second kappa shape index (κ2) is 6.59. The van der Waals surface area contributed by atoms with Gasteiger partial charge >= 0.3 is 5.69 Å². The van der Waals surface area contributed by atoms with Gasteiger partial charge in [-0.3, -0.25) is 10.1 Å². The predicted octanol–water partition coefficient (Wildman–Crippen LogP) is 2.17. The Morgan fingerprint density at radius 3 is 2.72 bits per heavy atom. The molecule has 3 N–H and O–H groups in total. The number of rotatable bonds is 4. The van der Waals surface area contributed by atoms with Crippen LogP contribution in [0.5, 0.6) is 5.75 Å². The molecule has 0 fully saturated rings. The van der Waals surface area contributed by atoms with Gasteiger partial charge in [0.15, 0.2) is 5.75 Å². The summed E-state index contributed by atoms with van der Waals surface area (Å²) in [4.78, 5) is 9.95. The molecule has 6 nitrogen and oxygen atoms in total. The van der Waals surface area contributed by atoms with Gasteiger partial charge in [-0.2, -0.15) is 5.26 Å². The van der Waals surface area contributed by atoms with Gasteiger partial charge in [0, 0.05) is 17.7 Å². The van der Waals surface area contributed by atoms with Gasteiger partial charge in [0.05, 0.1) is 16.6 Å². The van der Waals surface area contributed by atoms with Crippen LogP contribution in [0.2, 0.25) is 0 Å². The normalized spacial score (nSPS) is 10.9. The van der Waals surface area contributed by atoms with E-state index in [9.17, 15) is 15.2 Å². The third-order valence-corrected chi connectivity index (χ3v) is 2.27. The van der Waals surface area contributed by atoms with E-state index in [1.807, 2.05) is 0 Å². The van der Waals surface area contributed by atoms with E-state index < -0.39 is 22.4 Å². The van der Waals surface area contributed by atoms with Crippen LogP contribution in [0.15, 0.2) is 24.8 Å². The van der Waals surface area contributed by atoms with Crippen molar-refractivity contribution < 1.29 is 10.0 Å². The summed E-state index contributed by atoms with van der Waals surface area (Å²) in [5.74, 6) is -0.497. The summed E-state index contributed by atoms with van der Waals surface area (Å²) in [5.41, 5.74) is 5.48. The number of phenolic OH excluding ortho intramolecular Hbond substituents is 1. The standard InChI is InChI=1S/C11H11N3O3.ClH/c1-2-3-9(13)8-4-7(6-12)5-10(11(8)15)14(16)17;/h2,4-5,9,15H,1,3,13H2;1H/t9-;/m1./s1. The van der Waals surface area contributed by atoms with E-state index in [0.717, 1.165) is 6.07 Å². The fraction of sp³-hybridized carbons (Fsp3) is 0.182. The van der Waals surface area contributed by atoms with Gasteiger partial charge in [-0.1, -0.05) is 6.08 Å². The third-order valence-electron chi connectivity index (χ3n) is 2.27. The van der Waals surface area contributed by atoms with E-state index in [2.05, 4.69) is 6.58 Å². The summed E-state index contributed by atoms with van der Waals surface area (Å²) >= 11 is 0. The average Bonchev–Trinajstić information content (AvgIpc) is 2.29. The molecule has 0 unspecified atom stereocenters. The average molecular weight is 270 g/mol. The molecule has 0 saturated heterocycles. The first-order valence-corrected chi connectivity index (χ1v) is 4.79. The van der Waals surface area contributed by atoms with Crippen LogP contribution < -0.4 is 5.73 Å². The Morgan fingerprint density at radius 1 is 1.67 bits per heavy atom. The molecule has 0 saturated carbocycles. The molecule has 1 atom stereocenters. The van der Waals surface area contributed by atoms with E-state index >= 15 is 0 Å². The van der Waals surface area contributed by atoms with Gasteiger partial charge in [0.25, 0.3) is 0 Å². The number of nitriles is 1. The fourth-order valence-electron chi connectivity index (χ4n) is 1.43. The van der Waals surface area contributed by atoms with Gasteiger partial charge in [-0.05, 0) is 12.5 Å². The van der Waals surface area contributed by atoms with Crippen LogP contribution in [0, 0.1) is 21.4 Å². The number of nitro groups is 1. The lowest BCUT2D eigenvalue weighted by atomic mass is 10.00. The van der Waals surface area contributed by atoms with Crippen LogP contribution in [0.4, 0.5) is 5.69 Å². The first-order chi connectivity index (χ1) is 8.01. The fourth-order valence-corrected chi connectivity index (χ4v) is 1.43. The second-order valence-corrected chi connectivity index (χ2v) is 3.43. The zero-order valence-electron chi connectivity index (χ0n) is 9.37. The van der Waals surface area contributed by atoms with E-state index in [4.69, 9.17) is 11.0 Å². The van der Waals surface area contributed by atoms with Crippen LogP contribution >= 0.6 is 12.4 Å². The molecule has 0 aliphatic carbocycles. The van der Waals surface area contributed by atoms with Gasteiger partial charge in [-0.25, -0.2) is 0 Å². The smallest absolute Gasteiger partial charge is 0.312 e. The Morgan fingerprint density at radius 2 is 2.28 bits per heavy atom. The SMILES string of the molecule is C=CC[C@@H](N)c1cc(C#N)cc([N+](=O)[O-])c1O.Cl. The van der Waals surface area contributed by atoms with Crippen molar-refractivity contribution in [1.29, 1.82) is 5.26 Å². The highest BCUT2D eigenvalue weighted by atomic mass is 35.5. The molecule has 0 aliphatic heterocycles. The molecular formula is C11H12ClN3O3. The molecule has 1 rings (SSSR count). The Hall–Kier alpha value is -2.10. The molecule has 0 spiro atoms. The van der Waals surface area contributed by atoms with Crippen LogP contribution in [-0.4, -0.2) is 10.0 Å². The second-order valence-electron chi connectivity index (χ2n) is 3.43. The number of nitrogens with two attached hydrogens (primary N) is 1. The number of hydrogen-bond acceptors (Lipinski definition) is 5. The Kier molecular flexibility index (Phi) is 5.82. The highest BCUT2D eigenvalue weighted by molar-refractivity contribution is 5.85. The maximum atomic E-state index is 10.7. The Bertz CT molecular complexity index is 511. The molecule has 96 valence electrons. The number of hydrogen-bond donors (Lipinski definition) is 2. The summed E-state index contributed by atoms with van der Waals surface area (Å²) in [7, 11) is 0. The highest BCUT2D eigenvalue weighted by Gasteiger charge is 2.22. The molecule has 1 aromatic carbocycles. The third kappa shape index (κ3) is 3.20. The molecule has 0 aromatic heterocycles. The number of nitrogens with zero attached hydrogens (tertiary/aromatic N) is 2. The summed E-state index contributed by atoms with van der Waals surface area (Å²) in [6.45, 7) is 3.50. The maximum Gasteiger partial charge on any atom is 0.312 e. The molecule has 0 heterocycles. The summed E-state index contributed by atoms with van der Waals surface area (Å²) in [6.07, 6.45) is 1.88. The molecule has 0 aliphatic rings. The van der Waals surface area contributed by atoms with Crippen LogP contribution in [0.3, 0.4) is 0 Å². The molecule has 1 aromatic rings. The van der Waals surface area contributed by atoms with Crippen molar-refractivity contribution in [2.24, 2.45) is 5.73 Å². The lowest BCUT2D eigenvalue weighted by molar-refractivity contribution is -0.386. The van der Waals surface area contributed by atoms with Crippen molar-refractivity contribution in [2.45, 2.75) is 12.5 Å². The topological polar surface area (TPSA) is 113 Å². The molecule has 7 heteroatoms. The molecular weight excluding hydrogens is 258 g/mol. The molecule has 0 radical (unpaired) electrons. The summed E-state index contributed by atoms with van der Waals surface area (Å²) < 4.78 is 0. The first kappa shape index (κ1) is 15.9. The highest BCUT2D eigenvalue weighted by Crippen LogP contribution is 2.35. The quantitative estimate of drug-likeness (QED) is 0.494. The van der Waals surface area contributed by atoms with Gasteiger partial charge in [0.1, 0.15) is 0 Å². The van der Waals surface area contributed by atoms with E-state index in [-0.39, 0.29) is 23.5 Å². The van der Waals surface area contributed by atoms with Crippen LogP contribution in [0.25, 0.3) is 0 Å². The summed E-state index contributed by atoms with van der Waals surface area (Å²) in [5, 5.41) is 29.2. The van der Waals surface area contributed by atoms with Gasteiger partial charge < -0.3 is 10.8 Å². The first-order valence-electron chi connectivity index (χ1n) is 4.79. The summed E-state index contributed by atoms with van der Waals surface area (Å²) in [6, 6.07) is 3.52. The van der Waals surface area contributed by atoms with E-state index in [1.165, 1.54) is 12.1 Å². The lowest BCUT2D eigenvalue weighted by Gasteiger charge is -2.11. The monoisotopic (exact) mass is 269 g/mol. The minimum Gasteiger partial charge on any atom is -0.502 e. The zero-order valence-corrected chi connectivity index (χ0v) is 10.2. The van der Waals surface area contributed by atoms with Crippen molar-refractivity contribution in [2.75, 3.05) is 0 Å². The minimum atomic E-state index is -0.750. The number of aromatic hydroxyl groups is 1. The minimum absolute atomic E-state index is 0. The molecule has 18 heavy (non-hydrogen) atoms. The molecule has 0 bridgehead atoms. The lowest BCUT2D eigenvalue weighted by Crippen LogP contribution is -2.10. The van der Waals surface area contributed by atoms with Gasteiger partial charge in [0.2, 0.25) is 0 Å². The van der Waals surface area contributed by atoms with Crippen molar-refractivity contribution in [3.63, 3.8) is 0 Å². The van der Waals surface area contributed by atoms with Crippen molar-refractivity contribution in [3.8, 4) is 11.8 Å². The van der Waals surface area contributed by atoms with Crippen molar-refractivity contribution >= 4 is 18.1 Å². The van der Waals surface area contributed by atoms with Crippen molar-refractivity contribution in [1.82, 2.24) is 0 Å². The Balaban J connectivity index is 0.00000289. The zero-order chi connectivity index (χ0) is 13.0. The number of nitro benzene ring substituents is 1. The van der Waals surface area contributed by atoms with Crippen molar-refractivity contribution in [3.05, 3.63) is 46.0 Å². The van der Waals surface area contributed by atoms with Crippen LogP contribution in [0.1, 0.15) is 23.6 Å². The Labute approximate surface area is 110 Å². The molecule has 0 amide bonds. The number of halogens is 1. The van der Waals surface area contributed by atoms with E-state index in [0.29, 0.717) is 6.42 Å². The van der Waals surface area contributed by atoms with Gasteiger partial charge in [-0.15, -0.1) is 19.0 Å². The van der Waals surface area contributed by atoms with E-state index in [1.54, 1.807) is 6.07 Å². The predicted molar refractivity (Wildman–Crippen MR) is 68.5 cm³/mol. The maximum absolute atomic E-state index is 10.7. The van der Waals surface area contributed by atoms with Crippen LogP contribution in [-0.2, 0) is 0 Å².